The van der Waals surface area contributed by atoms with Gasteiger partial charge in [0.2, 0.25) is 5.91 Å². The lowest BCUT2D eigenvalue weighted by Gasteiger charge is -2.24. The van der Waals surface area contributed by atoms with E-state index < -0.39 is 35.5 Å². The molecule has 0 radical (unpaired) electrons. The van der Waals surface area contributed by atoms with Crippen LogP contribution in [0.25, 0.3) is 0 Å². The van der Waals surface area contributed by atoms with E-state index in [1.165, 1.54) is 23.8 Å². The number of anilines is 1. The van der Waals surface area contributed by atoms with Gasteiger partial charge in [-0.05, 0) is 26.8 Å². The Hall–Kier alpha value is -2.30. The van der Waals surface area contributed by atoms with Crippen molar-refractivity contribution in [3.63, 3.8) is 0 Å². The molecule has 4 atom stereocenters. The number of nitrogens with one attached hydrogen (secondary N) is 1. The minimum absolute atomic E-state index is 0.120. The Morgan fingerprint density at radius 1 is 1.39 bits per heavy atom. The highest BCUT2D eigenvalue weighted by molar-refractivity contribution is 5.87. The fraction of sp³-hybridized carbons (Fsp3) is 0.667. The van der Waals surface area contributed by atoms with Crippen molar-refractivity contribution in [2.24, 2.45) is 11.3 Å². The summed E-state index contributed by atoms with van der Waals surface area (Å²) in [5, 5.41) is 12.0. The van der Waals surface area contributed by atoms with Gasteiger partial charge in [-0.3, -0.25) is 14.2 Å². The van der Waals surface area contributed by atoms with E-state index >= 15 is 0 Å². The number of aliphatic hydroxyl groups excluding tert-OH is 1. The maximum absolute atomic E-state index is 12.4. The highest BCUT2D eigenvalue weighted by Crippen LogP contribution is 2.35. The van der Waals surface area contributed by atoms with Gasteiger partial charge in [0, 0.05) is 19.0 Å². The zero-order chi connectivity index (χ0) is 21.1. The third-order valence-corrected chi connectivity index (χ3v) is 4.35. The number of ether oxygens (including phenoxy) is 3. The van der Waals surface area contributed by atoms with E-state index in [1.54, 1.807) is 27.7 Å². The second kappa shape index (κ2) is 8.80. The van der Waals surface area contributed by atoms with Crippen LogP contribution in [-0.4, -0.2) is 52.1 Å². The molecule has 156 valence electrons. The van der Waals surface area contributed by atoms with Crippen LogP contribution in [0.3, 0.4) is 0 Å². The SMILES string of the molecule is CC(=O)Nc1ccn([C@@H]2O[C@H](CO)C(C)[C@@H]2OCOC(=O)C(C)(C)C)c(=O)n1. The number of carbonyl (C=O) groups excluding carboxylic acids is 2. The van der Waals surface area contributed by atoms with E-state index in [-0.39, 0.29) is 31.0 Å². The summed E-state index contributed by atoms with van der Waals surface area (Å²) in [6, 6.07) is 1.46. The Labute approximate surface area is 162 Å². The molecule has 0 bridgehead atoms. The standard InChI is InChI=1S/C18H27N3O7/c1-10-12(8-22)28-15(14(10)26-9-27-16(24)18(3,4)5)21-7-6-13(19-11(2)23)20-17(21)25/h6-7,10,12,14-15,22H,8-9H2,1-5H3,(H,19,20,23,25)/t10?,12-,14+,15-/m1/s1. The van der Waals surface area contributed by atoms with Crippen LogP contribution < -0.4 is 11.0 Å². The van der Waals surface area contributed by atoms with Gasteiger partial charge in [-0.15, -0.1) is 0 Å². The molecule has 1 unspecified atom stereocenters. The summed E-state index contributed by atoms with van der Waals surface area (Å²) in [5.74, 6) is -0.925. The summed E-state index contributed by atoms with van der Waals surface area (Å²) in [4.78, 5) is 39.2. The third kappa shape index (κ3) is 5.15. The largest absolute Gasteiger partial charge is 0.438 e. The normalized spacial score (nSPS) is 24.8. The summed E-state index contributed by atoms with van der Waals surface area (Å²) in [6.45, 7) is 7.72. The minimum atomic E-state index is -0.869. The van der Waals surface area contributed by atoms with Gasteiger partial charge >= 0.3 is 11.7 Å². The van der Waals surface area contributed by atoms with Gasteiger partial charge in [0.25, 0.3) is 0 Å². The summed E-state index contributed by atoms with van der Waals surface area (Å²) in [5.41, 5.74) is -1.32. The van der Waals surface area contributed by atoms with Crippen molar-refractivity contribution in [1.29, 1.82) is 0 Å². The lowest BCUT2D eigenvalue weighted by atomic mass is 9.98. The van der Waals surface area contributed by atoms with Gasteiger partial charge in [-0.1, -0.05) is 6.92 Å². The van der Waals surface area contributed by atoms with Crippen LogP contribution in [0.2, 0.25) is 0 Å². The summed E-state index contributed by atoms with van der Waals surface area (Å²) in [6.07, 6.45) is -0.659. The van der Waals surface area contributed by atoms with E-state index in [1.807, 2.05) is 0 Å². The van der Waals surface area contributed by atoms with E-state index in [9.17, 15) is 19.5 Å². The summed E-state index contributed by atoms with van der Waals surface area (Å²) >= 11 is 0. The van der Waals surface area contributed by atoms with Crippen LogP contribution in [0, 0.1) is 11.3 Å². The molecule has 2 N–H and O–H groups in total. The smallest absolute Gasteiger partial charge is 0.351 e. The molecule has 1 aliphatic rings. The third-order valence-electron chi connectivity index (χ3n) is 4.35. The fourth-order valence-corrected chi connectivity index (χ4v) is 2.76. The van der Waals surface area contributed by atoms with Crippen molar-refractivity contribution in [2.45, 2.75) is 53.1 Å². The molecular formula is C18H27N3O7. The van der Waals surface area contributed by atoms with Crippen molar-refractivity contribution < 1.29 is 28.9 Å². The molecule has 0 aromatic carbocycles. The van der Waals surface area contributed by atoms with Gasteiger partial charge in [0.1, 0.15) is 11.9 Å². The topological polar surface area (TPSA) is 129 Å². The zero-order valence-corrected chi connectivity index (χ0v) is 16.7. The molecule has 1 aromatic heterocycles. The first-order valence-corrected chi connectivity index (χ1v) is 8.96. The number of rotatable bonds is 6. The lowest BCUT2D eigenvalue weighted by Crippen LogP contribution is -2.36. The molecule has 0 spiro atoms. The van der Waals surface area contributed by atoms with E-state index in [0.717, 1.165) is 0 Å². The molecule has 10 heteroatoms. The van der Waals surface area contributed by atoms with E-state index in [2.05, 4.69) is 10.3 Å². The summed E-state index contributed by atoms with van der Waals surface area (Å²) < 4.78 is 17.8. The van der Waals surface area contributed by atoms with Gasteiger partial charge in [0.15, 0.2) is 13.0 Å². The number of aromatic nitrogens is 2. The second-order valence-corrected chi connectivity index (χ2v) is 7.72. The maximum atomic E-state index is 12.4. The molecule has 0 aliphatic carbocycles. The Bertz CT molecular complexity index is 771. The van der Waals surface area contributed by atoms with Crippen molar-refractivity contribution in [2.75, 3.05) is 18.7 Å². The van der Waals surface area contributed by atoms with Gasteiger partial charge in [-0.2, -0.15) is 4.98 Å². The Balaban J connectivity index is 2.17. The highest BCUT2D eigenvalue weighted by atomic mass is 16.7. The van der Waals surface area contributed by atoms with Crippen LogP contribution in [0.5, 0.6) is 0 Å². The molecule has 1 fully saturated rings. The first-order chi connectivity index (χ1) is 13.0. The average Bonchev–Trinajstić information content (AvgIpc) is 2.89. The molecule has 2 heterocycles. The Morgan fingerprint density at radius 3 is 2.61 bits per heavy atom. The molecule has 1 amide bonds. The predicted octanol–water partition coefficient (Wildman–Crippen LogP) is 0.659. The van der Waals surface area contributed by atoms with Crippen LogP contribution >= 0.6 is 0 Å². The number of carbonyl (C=O) groups is 2. The van der Waals surface area contributed by atoms with Crippen LogP contribution in [0.4, 0.5) is 5.82 Å². The van der Waals surface area contributed by atoms with E-state index in [0.29, 0.717) is 0 Å². The average molecular weight is 397 g/mol. The van der Waals surface area contributed by atoms with Gasteiger partial charge in [-0.25, -0.2) is 4.79 Å². The number of hydrogen-bond donors (Lipinski definition) is 2. The molecule has 2 rings (SSSR count). The molecule has 1 aromatic rings. The number of aliphatic hydroxyl groups is 1. The molecule has 1 aliphatic heterocycles. The number of hydrogen-bond acceptors (Lipinski definition) is 8. The van der Waals surface area contributed by atoms with Crippen molar-refractivity contribution in [1.82, 2.24) is 9.55 Å². The minimum Gasteiger partial charge on any atom is -0.438 e. The zero-order valence-electron chi connectivity index (χ0n) is 16.7. The maximum Gasteiger partial charge on any atom is 0.351 e. The monoisotopic (exact) mass is 397 g/mol. The first-order valence-electron chi connectivity index (χ1n) is 8.96. The van der Waals surface area contributed by atoms with Gasteiger partial charge in [0.05, 0.1) is 18.1 Å². The molecule has 28 heavy (non-hydrogen) atoms. The van der Waals surface area contributed by atoms with Crippen LogP contribution in [0.15, 0.2) is 17.1 Å². The second-order valence-electron chi connectivity index (χ2n) is 7.72. The number of amides is 1. The predicted molar refractivity (Wildman–Crippen MR) is 98.2 cm³/mol. The quantitative estimate of drug-likeness (QED) is 0.529. The lowest BCUT2D eigenvalue weighted by molar-refractivity contribution is -0.177. The van der Waals surface area contributed by atoms with Gasteiger partial charge < -0.3 is 24.6 Å². The Kier molecular flexibility index (Phi) is 6.91. The number of nitrogens with zero attached hydrogens (tertiary/aromatic N) is 2. The van der Waals surface area contributed by atoms with E-state index in [4.69, 9.17) is 14.2 Å². The molecular weight excluding hydrogens is 370 g/mol. The van der Waals surface area contributed by atoms with Crippen LogP contribution in [-0.2, 0) is 23.8 Å². The molecule has 1 saturated heterocycles. The van der Waals surface area contributed by atoms with Crippen molar-refractivity contribution in [3.8, 4) is 0 Å². The fourth-order valence-electron chi connectivity index (χ4n) is 2.76. The van der Waals surface area contributed by atoms with Crippen molar-refractivity contribution in [3.05, 3.63) is 22.7 Å². The summed E-state index contributed by atoms with van der Waals surface area (Å²) in [7, 11) is 0. The number of esters is 1. The first kappa shape index (κ1) is 22.0. The Morgan fingerprint density at radius 2 is 2.07 bits per heavy atom. The highest BCUT2D eigenvalue weighted by Gasteiger charge is 2.44. The van der Waals surface area contributed by atoms with Crippen molar-refractivity contribution >= 4 is 17.7 Å². The molecule has 10 nitrogen and oxygen atoms in total. The molecule has 0 saturated carbocycles. The van der Waals surface area contributed by atoms with Crippen LogP contribution in [0.1, 0.15) is 40.8 Å².